The minimum atomic E-state index is -4.45. The second kappa shape index (κ2) is 6.82. The van der Waals surface area contributed by atoms with Gasteiger partial charge in [0, 0.05) is 7.05 Å². The molecule has 0 spiro atoms. The van der Waals surface area contributed by atoms with Gasteiger partial charge in [-0.25, -0.2) is 4.99 Å². The van der Waals surface area contributed by atoms with Gasteiger partial charge in [-0.3, -0.25) is 9.69 Å². The van der Waals surface area contributed by atoms with Crippen molar-refractivity contribution in [2.45, 2.75) is 24.6 Å². The average molecular weight is 387 g/mol. The number of likely N-dealkylation sites (N-methyl/N-ethyl adjacent to an activating group) is 1. The number of nitrogens with two attached hydrogens (primary N) is 1. The maximum atomic E-state index is 13.1. The van der Waals surface area contributed by atoms with E-state index in [4.69, 9.17) is 5.73 Å². The van der Waals surface area contributed by atoms with E-state index in [0.717, 1.165) is 23.3 Å². The van der Waals surface area contributed by atoms with Crippen LogP contribution in [0.1, 0.15) is 35.1 Å². The molecule has 3 rings (SSSR count). The van der Waals surface area contributed by atoms with Gasteiger partial charge >= 0.3 is 6.18 Å². The number of alkyl halides is 3. The van der Waals surface area contributed by atoms with Crippen molar-refractivity contribution in [2.75, 3.05) is 7.05 Å². The largest absolute Gasteiger partial charge is 0.416 e. The van der Waals surface area contributed by atoms with Gasteiger partial charge in [0.2, 0.25) is 5.91 Å². The number of benzene rings is 2. The predicted octanol–water partition coefficient (Wildman–Crippen LogP) is 4.13. The fraction of sp³-hybridized carbons (Fsp3) is 0.238. The summed E-state index contributed by atoms with van der Waals surface area (Å²) in [4.78, 5) is 18.9. The number of nitrogens with zero attached hydrogens (tertiary/aromatic N) is 2. The molecule has 2 aromatic rings. The van der Waals surface area contributed by atoms with Gasteiger partial charge in [0.1, 0.15) is 5.54 Å². The number of amides is 1. The van der Waals surface area contributed by atoms with E-state index in [-0.39, 0.29) is 11.9 Å². The molecule has 2 atom stereocenters. The number of halogens is 3. The molecule has 1 amide bonds. The fourth-order valence-electron chi connectivity index (χ4n) is 3.47. The summed E-state index contributed by atoms with van der Waals surface area (Å²) in [5.74, 6) is -1.11. The second-order valence-electron chi connectivity index (χ2n) is 6.90. The first kappa shape index (κ1) is 19.7. The Morgan fingerprint density at radius 1 is 1.21 bits per heavy atom. The summed E-state index contributed by atoms with van der Waals surface area (Å²) >= 11 is 0. The Morgan fingerprint density at radius 2 is 1.86 bits per heavy atom. The lowest BCUT2D eigenvalue weighted by Crippen LogP contribution is -2.52. The van der Waals surface area contributed by atoms with Crippen molar-refractivity contribution in [1.29, 1.82) is 0 Å². The van der Waals surface area contributed by atoms with Crippen LogP contribution in [-0.2, 0) is 16.5 Å². The van der Waals surface area contributed by atoms with Gasteiger partial charge < -0.3 is 5.73 Å². The molecule has 0 aliphatic carbocycles. The summed E-state index contributed by atoms with van der Waals surface area (Å²) in [6, 6.07) is 11.9. The molecule has 1 aliphatic heterocycles. The van der Waals surface area contributed by atoms with Crippen LogP contribution < -0.4 is 5.73 Å². The molecule has 1 heterocycles. The first-order valence-corrected chi connectivity index (χ1v) is 8.61. The summed E-state index contributed by atoms with van der Waals surface area (Å²) < 4.78 is 38.8. The Bertz CT molecular complexity index is 950. The molecule has 0 saturated heterocycles. The number of hydrogen-bond donors (Lipinski definition) is 1. The van der Waals surface area contributed by atoms with Gasteiger partial charge in [0.25, 0.3) is 0 Å². The summed E-state index contributed by atoms with van der Waals surface area (Å²) in [5, 5.41) is 0. The molecule has 1 aliphatic rings. The van der Waals surface area contributed by atoms with Crippen molar-refractivity contribution < 1.29 is 18.0 Å². The lowest BCUT2D eigenvalue weighted by Gasteiger charge is -2.41. The first-order chi connectivity index (χ1) is 13.1. The van der Waals surface area contributed by atoms with Crippen LogP contribution in [0.4, 0.5) is 13.2 Å². The third kappa shape index (κ3) is 3.28. The summed E-state index contributed by atoms with van der Waals surface area (Å²) in [5.41, 5.74) is 6.11. The summed E-state index contributed by atoms with van der Waals surface area (Å²) in [6.45, 7) is 5.51. The van der Waals surface area contributed by atoms with Crippen LogP contribution in [0.3, 0.4) is 0 Å². The molecular weight excluding hydrogens is 367 g/mol. The van der Waals surface area contributed by atoms with Crippen LogP contribution in [-0.4, -0.2) is 23.8 Å². The van der Waals surface area contributed by atoms with E-state index in [2.05, 4.69) is 11.6 Å². The molecule has 0 saturated carbocycles. The van der Waals surface area contributed by atoms with Crippen LogP contribution >= 0.6 is 0 Å². The van der Waals surface area contributed by atoms with E-state index >= 15 is 0 Å². The molecule has 0 aromatic heterocycles. The van der Waals surface area contributed by atoms with Crippen molar-refractivity contribution in [2.24, 2.45) is 10.7 Å². The zero-order valence-corrected chi connectivity index (χ0v) is 15.5. The Kier molecular flexibility index (Phi) is 4.79. The molecule has 0 fully saturated rings. The second-order valence-corrected chi connectivity index (χ2v) is 6.90. The van der Waals surface area contributed by atoms with Crippen molar-refractivity contribution >= 4 is 17.9 Å². The minimum absolute atomic E-state index is 0.0552. The van der Waals surface area contributed by atoms with Gasteiger partial charge in [-0.15, -0.1) is 0 Å². The third-order valence-corrected chi connectivity index (χ3v) is 5.11. The topological polar surface area (TPSA) is 58.7 Å². The monoisotopic (exact) mass is 387 g/mol. The molecule has 7 heteroatoms. The Hall–Kier alpha value is -3.09. The van der Waals surface area contributed by atoms with Crippen molar-refractivity contribution in [3.05, 3.63) is 77.4 Å². The number of carbonyl (C=O) groups is 1. The first-order valence-electron chi connectivity index (χ1n) is 8.61. The number of carbonyl (C=O) groups excluding carboxylic acids is 1. The van der Waals surface area contributed by atoms with Crippen molar-refractivity contribution in [1.82, 2.24) is 4.90 Å². The van der Waals surface area contributed by atoms with Gasteiger partial charge in [-0.05, 0) is 41.8 Å². The smallest absolute Gasteiger partial charge is 0.369 e. The standard InChI is InChI=1S/C21H20F3N3O/c1-4-13-6-5-7-16(12-13)20(2)17(18(28)27(3)19(25)26-20)14-8-10-15(11-9-14)21(22,23)24/h4-12,17H,1H2,2-3H3,(H2,25,26)/t17-,20?/m0/s1. The van der Waals surface area contributed by atoms with Crippen LogP contribution in [0.15, 0.2) is 60.1 Å². The number of hydrogen-bond acceptors (Lipinski definition) is 3. The lowest BCUT2D eigenvalue weighted by atomic mass is 9.74. The van der Waals surface area contributed by atoms with Crippen LogP contribution in [0.5, 0.6) is 0 Å². The average Bonchev–Trinajstić information content (AvgIpc) is 2.66. The Labute approximate surface area is 161 Å². The maximum Gasteiger partial charge on any atom is 0.416 e. The molecule has 0 bridgehead atoms. The third-order valence-electron chi connectivity index (χ3n) is 5.11. The zero-order chi connectivity index (χ0) is 20.7. The SMILES string of the molecule is C=Cc1cccc(C2(C)N=C(N)N(C)C(=O)[C@@H]2c2ccc(C(F)(F)F)cc2)c1. The quantitative estimate of drug-likeness (QED) is 0.861. The van der Waals surface area contributed by atoms with E-state index in [1.54, 1.807) is 13.0 Å². The van der Waals surface area contributed by atoms with Gasteiger partial charge in [-0.1, -0.05) is 43.0 Å². The number of guanidine groups is 1. The molecule has 1 unspecified atom stereocenters. The molecular formula is C21H20F3N3O. The lowest BCUT2D eigenvalue weighted by molar-refractivity contribution is -0.137. The minimum Gasteiger partial charge on any atom is -0.369 e. The zero-order valence-electron chi connectivity index (χ0n) is 15.5. The fourth-order valence-corrected chi connectivity index (χ4v) is 3.47. The summed E-state index contributed by atoms with van der Waals surface area (Å²) in [6.07, 6.45) is -2.78. The highest BCUT2D eigenvalue weighted by Crippen LogP contribution is 2.44. The number of aliphatic imine (C=N–C) groups is 1. The molecule has 146 valence electrons. The van der Waals surface area contributed by atoms with Crippen molar-refractivity contribution in [3.8, 4) is 0 Å². The van der Waals surface area contributed by atoms with Crippen molar-refractivity contribution in [3.63, 3.8) is 0 Å². The number of rotatable bonds is 3. The summed E-state index contributed by atoms with van der Waals surface area (Å²) in [7, 11) is 1.50. The predicted molar refractivity (Wildman–Crippen MR) is 102 cm³/mol. The van der Waals surface area contributed by atoms with Crippen LogP contribution in [0.2, 0.25) is 0 Å². The van der Waals surface area contributed by atoms with Gasteiger partial charge in [0.15, 0.2) is 5.96 Å². The van der Waals surface area contributed by atoms with Crippen LogP contribution in [0, 0.1) is 0 Å². The molecule has 4 nitrogen and oxygen atoms in total. The highest BCUT2D eigenvalue weighted by Gasteiger charge is 2.47. The molecule has 2 N–H and O–H groups in total. The van der Waals surface area contributed by atoms with E-state index in [0.29, 0.717) is 5.56 Å². The normalized spacial score (nSPS) is 22.8. The van der Waals surface area contributed by atoms with Gasteiger partial charge in [0.05, 0.1) is 11.5 Å². The highest BCUT2D eigenvalue weighted by atomic mass is 19.4. The van der Waals surface area contributed by atoms with E-state index in [1.165, 1.54) is 24.1 Å². The molecule has 2 aromatic carbocycles. The molecule has 0 radical (unpaired) electrons. The van der Waals surface area contributed by atoms with E-state index < -0.39 is 23.2 Å². The Balaban J connectivity index is 2.17. The maximum absolute atomic E-state index is 13.1. The van der Waals surface area contributed by atoms with Crippen LogP contribution in [0.25, 0.3) is 6.08 Å². The van der Waals surface area contributed by atoms with Gasteiger partial charge in [-0.2, -0.15) is 13.2 Å². The Morgan fingerprint density at radius 3 is 2.43 bits per heavy atom. The van der Waals surface area contributed by atoms with E-state index in [9.17, 15) is 18.0 Å². The molecule has 28 heavy (non-hydrogen) atoms. The van der Waals surface area contributed by atoms with E-state index in [1.807, 2.05) is 24.3 Å². The highest BCUT2D eigenvalue weighted by molar-refractivity contribution is 6.02.